The smallest absolute Gasteiger partial charge is 0.225 e. The molecule has 0 saturated heterocycles. The number of benzene rings is 1. The van der Waals surface area contributed by atoms with Gasteiger partial charge in [0, 0.05) is 13.0 Å². The molecular weight excluding hydrogens is 228 g/mol. The number of nitrogens with one attached hydrogen (secondary N) is 2. The summed E-state index contributed by atoms with van der Waals surface area (Å²) >= 11 is 0. The molecule has 0 aliphatic carbocycles. The molecule has 90 valence electrons. The zero-order valence-corrected chi connectivity index (χ0v) is 10.3. The van der Waals surface area contributed by atoms with Crippen LogP contribution >= 0.6 is 12.4 Å². The Morgan fingerprint density at radius 1 is 1.38 bits per heavy atom. The highest BCUT2D eigenvalue weighted by Crippen LogP contribution is 2.22. The number of carbonyl (C=O) groups excluding carboxylic acids is 1. The van der Waals surface area contributed by atoms with Crippen LogP contribution in [0, 0.1) is 0 Å². The van der Waals surface area contributed by atoms with E-state index in [9.17, 15) is 4.79 Å². The van der Waals surface area contributed by atoms with Gasteiger partial charge in [0.25, 0.3) is 0 Å². The molecule has 0 radical (unpaired) electrons. The predicted molar refractivity (Wildman–Crippen MR) is 67.4 cm³/mol. The van der Waals surface area contributed by atoms with E-state index in [1.54, 1.807) is 7.11 Å². The van der Waals surface area contributed by atoms with Crippen LogP contribution in [0.3, 0.4) is 0 Å². The average Bonchev–Trinajstić information content (AvgIpc) is 2.27. The van der Waals surface area contributed by atoms with E-state index in [0.29, 0.717) is 24.4 Å². The lowest BCUT2D eigenvalue weighted by Crippen LogP contribution is -2.18. The Hall–Kier alpha value is -1.26. The SMILES string of the molecule is CNCCC(=O)Nc1ccccc1OC.Cl. The molecule has 1 rings (SSSR count). The molecule has 5 heteroatoms. The molecule has 0 heterocycles. The van der Waals surface area contributed by atoms with Gasteiger partial charge in [0.05, 0.1) is 12.8 Å². The van der Waals surface area contributed by atoms with Gasteiger partial charge in [0.15, 0.2) is 0 Å². The van der Waals surface area contributed by atoms with Crippen LogP contribution < -0.4 is 15.4 Å². The second kappa shape index (κ2) is 7.96. The largest absolute Gasteiger partial charge is 0.495 e. The first-order valence-corrected chi connectivity index (χ1v) is 4.85. The van der Waals surface area contributed by atoms with Gasteiger partial charge in [-0.15, -0.1) is 12.4 Å². The Morgan fingerprint density at radius 3 is 2.69 bits per heavy atom. The average molecular weight is 245 g/mol. The molecule has 1 amide bonds. The zero-order chi connectivity index (χ0) is 11.1. The van der Waals surface area contributed by atoms with E-state index in [0.717, 1.165) is 0 Å². The molecule has 0 fully saturated rings. The lowest BCUT2D eigenvalue weighted by Gasteiger charge is -2.09. The second-order valence-electron chi connectivity index (χ2n) is 3.10. The van der Waals surface area contributed by atoms with Crippen molar-refractivity contribution in [3.63, 3.8) is 0 Å². The zero-order valence-electron chi connectivity index (χ0n) is 9.45. The Morgan fingerprint density at radius 2 is 2.06 bits per heavy atom. The number of halogens is 1. The number of amides is 1. The maximum Gasteiger partial charge on any atom is 0.225 e. The molecule has 0 spiro atoms. The first kappa shape index (κ1) is 14.7. The van der Waals surface area contributed by atoms with Gasteiger partial charge >= 0.3 is 0 Å². The summed E-state index contributed by atoms with van der Waals surface area (Å²) in [7, 11) is 3.40. The van der Waals surface area contributed by atoms with E-state index in [1.807, 2.05) is 31.3 Å². The molecule has 1 aromatic carbocycles. The Labute approximate surface area is 102 Å². The number of ether oxygens (including phenoxy) is 1. The van der Waals surface area contributed by atoms with Gasteiger partial charge in [-0.25, -0.2) is 0 Å². The van der Waals surface area contributed by atoms with Gasteiger partial charge < -0.3 is 15.4 Å². The summed E-state index contributed by atoms with van der Waals surface area (Å²) in [6.45, 7) is 0.668. The van der Waals surface area contributed by atoms with E-state index < -0.39 is 0 Å². The minimum atomic E-state index is -0.0196. The number of rotatable bonds is 5. The van der Waals surface area contributed by atoms with Crippen molar-refractivity contribution in [3.8, 4) is 5.75 Å². The summed E-state index contributed by atoms with van der Waals surface area (Å²) in [5.74, 6) is 0.657. The van der Waals surface area contributed by atoms with Crippen LogP contribution in [0.5, 0.6) is 5.75 Å². The monoisotopic (exact) mass is 244 g/mol. The molecule has 0 bridgehead atoms. The van der Waals surface area contributed by atoms with Crippen molar-refractivity contribution in [1.29, 1.82) is 0 Å². The third-order valence-corrected chi connectivity index (χ3v) is 1.98. The Balaban J connectivity index is 0.00000225. The van der Waals surface area contributed by atoms with Gasteiger partial charge in [-0.2, -0.15) is 0 Å². The van der Waals surface area contributed by atoms with Gasteiger partial charge in [0.2, 0.25) is 5.91 Å². The number of hydrogen-bond donors (Lipinski definition) is 2. The van der Waals surface area contributed by atoms with Crippen molar-refractivity contribution in [2.24, 2.45) is 0 Å². The van der Waals surface area contributed by atoms with Gasteiger partial charge in [0.1, 0.15) is 5.75 Å². The van der Waals surface area contributed by atoms with Crippen LogP contribution in [0.1, 0.15) is 6.42 Å². The first-order chi connectivity index (χ1) is 7.27. The van der Waals surface area contributed by atoms with Crippen LogP contribution in [0.2, 0.25) is 0 Å². The second-order valence-corrected chi connectivity index (χ2v) is 3.10. The summed E-state index contributed by atoms with van der Waals surface area (Å²) in [6.07, 6.45) is 0.453. The van der Waals surface area contributed by atoms with Crippen molar-refractivity contribution in [1.82, 2.24) is 5.32 Å². The molecule has 0 unspecified atom stereocenters. The Kier molecular flexibility index (Phi) is 7.33. The Bertz CT molecular complexity index is 332. The van der Waals surface area contributed by atoms with E-state index in [-0.39, 0.29) is 18.3 Å². The van der Waals surface area contributed by atoms with E-state index >= 15 is 0 Å². The minimum Gasteiger partial charge on any atom is -0.495 e. The van der Waals surface area contributed by atoms with E-state index in [1.165, 1.54) is 0 Å². The quantitative estimate of drug-likeness (QED) is 0.829. The molecule has 0 aliphatic rings. The molecule has 16 heavy (non-hydrogen) atoms. The summed E-state index contributed by atoms with van der Waals surface area (Å²) in [5.41, 5.74) is 0.709. The molecule has 0 saturated carbocycles. The number of para-hydroxylation sites is 2. The maximum absolute atomic E-state index is 11.4. The van der Waals surface area contributed by atoms with Crippen LogP contribution in [0.4, 0.5) is 5.69 Å². The minimum absolute atomic E-state index is 0. The van der Waals surface area contributed by atoms with Crippen molar-refractivity contribution < 1.29 is 9.53 Å². The highest BCUT2D eigenvalue weighted by molar-refractivity contribution is 5.92. The standard InChI is InChI=1S/C11H16N2O2.ClH/c1-12-8-7-11(14)13-9-5-3-4-6-10(9)15-2;/h3-6,12H,7-8H2,1-2H3,(H,13,14);1H. The van der Waals surface area contributed by atoms with Gasteiger partial charge in [-0.05, 0) is 19.2 Å². The summed E-state index contributed by atoms with van der Waals surface area (Å²) in [4.78, 5) is 11.4. The fraction of sp³-hybridized carbons (Fsp3) is 0.364. The van der Waals surface area contributed by atoms with Crippen molar-refractivity contribution in [2.45, 2.75) is 6.42 Å². The molecular formula is C11H17ClN2O2. The fourth-order valence-corrected chi connectivity index (χ4v) is 1.20. The third-order valence-electron chi connectivity index (χ3n) is 1.98. The lowest BCUT2D eigenvalue weighted by atomic mass is 10.3. The molecule has 2 N–H and O–H groups in total. The number of anilines is 1. The summed E-state index contributed by atoms with van der Waals surface area (Å²) in [5, 5.41) is 5.71. The van der Waals surface area contributed by atoms with Crippen LogP contribution in [-0.2, 0) is 4.79 Å². The topological polar surface area (TPSA) is 50.4 Å². The van der Waals surface area contributed by atoms with Crippen molar-refractivity contribution in [2.75, 3.05) is 26.0 Å². The summed E-state index contributed by atoms with van der Waals surface area (Å²) in [6, 6.07) is 7.35. The predicted octanol–water partition coefficient (Wildman–Crippen LogP) is 1.66. The number of hydrogen-bond acceptors (Lipinski definition) is 3. The summed E-state index contributed by atoms with van der Waals surface area (Å²) < 4.78 is 5.12. The van der Waals surface area contributed by atoms with Gasteiger partial charge in [-0.3, -0.25) is 4.79 Å². The molecule has 0 atom stereocenters. The normalized spacial score (nSPS) is 9.12. The van der Waals surface area contributed by atoms with Crippen LogP contribution in [-0.4, -0.2) is 26.6 Å². The van der Waals surface area contributed by atoms with Crippen molar-refractivity contribution >= 4 is 24.0 Å². The first-order valence-electron chi connectivity index (χ1n) is 4.85. The van der Waals surface area contributed by atoms with E-state index in [2.05, 4.69) is 10.6 Å². The van der Waals surface area contributed by atoms with Gasteiger partial charge in [-0.1, -0.05) is 12.1 Å². The van der Waals surface area contributed by atoms with Crippen LogP contribution in [0.15, 0.2) is 24.3 Å². The molecule has 0 aromatic heterocycles. The molecule has 0 aliphatic heterocycles. The van der Waals surface area contributed by atoms with Crippen LogP contribution in [0.25, 0.3) is 0 Å². The number of methoxy groups -OCH3 is 1. The lowest BCUT2D eigenvalue weighted by molar-refractivity contribution is -0.116. The molecule has 1 aromatic rings. The number of carbonyl (C=O) groups is 1. The fourth-order valence-electron chi connectivity index (χ4n) is 1.20. The maximum atomic E-state index is 11.4. The highest BCUT2D eigenvalue weighted by atomic mass is 35.5. The third kappa shape index (κ3) is 4.51. The van der Waals surface area contributed by atoms with E-state index in [4.69, 9.17) is 4.74 Å². The highest BCUT2D eigenvalue weighted by Gasteiger charge is 2.05. The van der Waals surface area contributed by atoms with Crippen molar-refractivity contribution in [3.05, 3.63) is 24.3 Å². The molecule has 4 nitrogen and oxygen atoms in total.